The van der Waals surface area contributed by atoms with Crippen LogP contribution in [0.1, 0.15) is 13.3 Å². The summed E-state index contributed by atoms with van der Waals surface area (Å²) in [6.45, 7) is 1.98. The summed E-state index contributed by atoms with van der Waals surface area (Å²) in [5.41, 5.74) is 5.38. The fourth-order valence-electron chi connectivity index (χ4n) is 0.929. The Morgan fingerprint density at radius 1 is 1.71 bits per heavy atom. The Morgan fingerprint density at radius 3 is 3.07 bits per heavy atom. The molecule has 0 saturated carbocycles. The van der Waals surface area contributed by atoms with Crippen molar-refractivity contribution in [3.8, 4) is 0 Å². The molecule has 76 valence electrons. The van der Waals surface area contributed by atoms with Gasteiger partial charge < -0.3 is 10.9 Å². The van der Waals surface area contributed by atoms with Gasteiger partial charge in [-0.25, -0.2) is 4.98 Å². The highest BCUT2D eigenvalue weighted by Crippen LogP contribution is 2.21. The standard InChI is InChI=1S/C8H12N4OS/c1-6(4-7(9)12-13)14-8-5-10-2-3-11-8/h2-3,5-6,13H,4H2,1H3,(H2,9,12). The Balaban J connectivity index is 2.45. The van der Waals surface area contributed by atoms with E-state index in [1.165, 1.54) is 0 Å². The molecule has 6 heteroatoms. The molecule has 1 atom stereocenters. The smallest absolute Gasteiger partial charge is 0.140 e. The molecule has 0 aromatic carbocycles. The van der Waals surface area contributed by atoms with E-state index in [2.05, 4.69) is 15.1 Å². The van der Waals surface area contributed by atoms with Crippen LogP contribution in [0.5, 0.6) is 0 Å². The van der Waals surface area contributed by atoms with Gasteiger partial charge in [0.15, 0.2) is 0 Å². The average Bonchev–Trinajstić information content (AvgIpc) is 2.19. The summed E-state index contributed by atoms with van der Waals surface area (Å²) in [5.74, 6) is 0.230. The van der Waals surface area contributed by atoms with Crippen molar-refractivity contribution >= 4 is 17.6 Å². The molecule has 1 heterocycles. The summed E-state index contributed by atoms with van der Waals surface area (Å²) in [6, 6.07) is 0. The minimum atomic E-state index is 0.211. The zero-order chi connectivity index (χ0) is 10.4. The predicted octanol–water partition coefficient (Wildman–Crippen LogP) is 1.09. The normalized spacial score (nSPS) is 13.9. The van der Waals surface area contributed by atoms with Crippen LogP contribution in [0, 0.1) is 0 Å². The number of oxime groups is 1. The predicted molar refractivity (Wildman–Crippen MR) is 55.4 cm³/mol. The lowest BCUT2D eigenvalue weighted by Crippen LogP contribution is -2.16. The molecule has 5 nitrogen and oxygen atoms in total. The van der Waals surface area contributed by atoms with Gasteiger partial charge in [0.2, 0.25) is 0 Å². The van der Waals surface area contributed by atoms with Gasteiger partial charge in [-0.3, -0.25) is 4.98 Å². The monoisotopic (exact) mass is 212 g/mol. The third-order valence-corrected chi connectivity index (χ3v) is 2.51. The van der Waals surface area contributed by atoms with Crippen molar-refractivity contribution in [3.05, 3.63) is 18.6 Å². The number of aromatic nitrogens is 2. The second-order valence-corrected chi connectivity index (χ2v) is 4.23. The highest BCUT2D eigenvalue weighted by Gasteiger charge is 2.07. The number of amidine groups is 1. The SMILES string of the molecule is CC(CC(N)=NO)Sc1cnccn1. The van der Waals surface area contributed by atoms with Crippen LogP contribution in [-0.4, -0.2) is 26.3 Å². The van der Waals surface area contributed by atoms with Crippen molar-refractivity contribution in [2.45, 2.75) is 23.6 Å². The average molecular weight is 212 g/mol. The Bertz CT molecular complexity index is 303. The first kappa shape index (κ1) is 10.8. The highest BCUT2D eigenvalue weighted by atomic mass is 32.2. The molecule has 0 amide bonds. The minimum Gasteiger partial charge on any atom is -0.409 e. The van der Waals surface area contributed by atoms with E-state index < -0.39 is 0 Å². The van der Waals surface area contributed by atoms with Crippen LogP contribution >= 0.6 is 11.8 Å². The molecule has 0 fully saturated rings. The zero-order valence-electron chi connectivity index (χ0n) is 7.79. The molecule has 1 unspecified atom stereocenters. The first-order chi connectivity index (χ1) is 6.72. The lowest BCUT2D eigenvalue weighted by Gasteiger charge is -2.08. The van der Waals surface area contributed by atoms with E-state index >= 15 is 0 Å². The highest BCUT2D eigenvalue weighted by molar-refractivity contribution is 7.99. The first-order valence-corrected chi connectivity index (χ1v) is 4.99. The summed E-state index contributed by atoms with van der Waals surface area (Å²) in [7, 11) is 0. The molecular weight excluding hydrogens is 200 g/mol. The Kier molecular flexibility index (Phi) is 4.18. The van der Waals surface area contributed by atoms with Crippen molar-refractivity contribution in [1.82, 2.24) is 9.97 Å². The molecule has 0 spiro atoms. The van der Waals surface area contributed by atoms with Crippen LogP contribution in [0.3, 0.4) is 0 Å². The summed E-state index contributed by atoms with van der Waals surface area (Å²) in [6.07, 6.45) is 5.47. The summed E-state index contributed by atoms with van der Waals surface area (Å²) >= 11 is 1.54. The van der Waals surface area contributed by atoms with Gasteiger partial charge >= 0.3 is 0 Å². The fraction of sp³-hybridized carbons (Fsp3) is 0.375. The second kappa shape index (κ2) is 5.43. The van der Waals surface area contributed by atoms with Crippen molar-refractivity contribution < 1.29 is 5.21 Å². The first-order valence-electron chi connectivity index (χ1n) is 4.11. The molecular formula is C8H12N4OS. The Hall–Kier alpha value is -1.30. The van der Waals surface area contributed by atoms with Gasteiger partial charge in [0.25, 0.3) is 0 Å². The number of thioether (sulfide) groups is 1. The van der Waals surface area contributed by atoms with Gasteiger partial charge in [0.1, 0.15) is 10.9 Å². The molecule has 0 radical (unpaired) electrons. The van der Waals surface area contributed by atoms with Gasteiger partial charge in [-0.15, -0.1) is 11.8 Å². The van der Waals surface area contributed by atoms with Gasteiger partial charge in [0.05, 0.1) is 6.20 Å². The summed E-state index contributed by atoms with van der Waals surface area (Å²) in [4.78, 5) is 8.05. The van der Waals surface area contributed by atoms with E-state index in [-0.39, 0.29) is 11.1 Å². The van der Waals surface area contributed by atoms with Crippen molar-refractivity contribution in [2.24, 2.45) is 10.9 Å². The zero-order valence-corrected chi connectivity index (χ0v) is 8.61. The summed E-state index contributed by atoms with van der Waals surface area (Å²) in [5, 5.41) is 12.3. The maximum absolute atomic E-state index is 8.38. The van der Waals surface area contributed by atoms with Crippen LogP contribution in [0.25, 0.3) is 0 Å². The molecule has 0 aliphatic rings. The lowest BCUT2D eigenvalue weighted by molar-refractivity contribution is 0.317. The summed E-state index contributed by atoms with van der Waals surface area (Å²) < 4.78 is 0. The molecule has 0 aliphatic heterocycles. The van der Waals surface area contributed by atoms with E-state index in [1.807, 2.05) is 6.92 Å². The van der Waals surface area contributed by atoms with Crippen molar-refractivity contribution in [3.63, 3.8) is 0 Å². The Labute approximate surface area is 86.4 Å². The van der Waals surface area contributed by atoms with Crippen LogP contribution < -0.4 is 5.73 Å². The van der Waals surface area contributed by atoms with Crippen molar-refractivity contribution in [2.75, 3.05) is 0 Å². The lowest BCUT2D eigenvalue weighted by atomic mass is 10.3. The van der Waals surface area contributed by atoms with Gasteiger partial charge in [-0.1, -0.05) is 12.1 Å². The molecule has 1 aromatic heterocycles. The van der Waals surface area contributed by atoms with Crippen LogP contribution in [-0.2, 0) is 0 Å². The van der Waals surface area contributed by atoms with E-state index in [9.17, 15) is 0 Å². The number of hydrogen-bond acceptors (Lipinski definition) is 5. The number of rotatable bonds is 4. The largest absolute Gasteiger partial charge is 0.409 e. The fourth-order valence-corrected chi connectivity index (χ4v) is 1.84. The van der Waals surface area contributed by atoms with Gasteiger partial charge in [-0.2, -0.15) is 0 Å². The molecule has 1 rings (SSSR count). The molecule has 3 N–H and O–H groups in total. The molecule has 0 saturated heterocycles. The number of nitrogens with zero attached hydrogens (tertiary/aromatic N) is 3. The van der Waals surface area contributed by atoms with Crippen LogP contribution in [0.4, 0.5) is 0 Å². The molecule has 0 bridgehead atoms. The van der Waals surface area contributed by atoms with E-state index in [4.69, 9.17) is 10.9 Å². The van der Waals surface area contributed by atoms with Crippen LogP contribution in [0.15, 0.2) is 28.8 Å². The molecule has 1 aromatic rings. The minimum absolute atomic E-state index is 0.211. The molecule has 0 aliphatic carbocycles. The second-order valence-electron chi connectivity index (χ2n) is 2.77. The van der Waals surface area contributed by atoms with Crippen LogP contribution in [0.2, 0.25) is 0 Å². The van der Waals surface area contributed by atoms with E-state index in [1.54, 1.807) is 30.4 Å². The van der Waals surface area contributed by atoms with Crippen molar-refractivity contribution in [1.29, 1.82) is 0 Å². The van der Waals surface area contributed by atoms with E-state index in [0.717, 1.165) is 5.03 Å². The quantitative estimate of drug-likeness (QED) is 0.256. The maximum Gasteiger partial charge on any atom is 0.140 e. The maximum atomic E-state index is 8.38. The third-order valence-electron chi connectivity index (χ3n) is 1.49. The Morgan fingerprint density at radius 2 is 2.50 bits per heavy atom. The van der Waals surface area contributed by atoms with Gasteiger partial charge in [-0.05, 0) is 0 Å². The number of nitrogens with two attached hydrogens (primary N) is 1. The molecule has 14 heavy (non-hydrogen) atoms. The topological polar surface area (TPSA) is 84.4 Å². The van der Waals surface area contributed by atoms with E-state index in [0.29, 0.717) is 6.42 Å². The third kappa shape index (κ3) is 3.61. The van der Waals surface area contributed by atoms with Gasteiger partial charge in [0, 0.05) is 24.1 Å². The number of hydrogen-bond donors (Lipinski definition) is 2.